The Morgan fingerprint density at radius 3 is 2.28 bits per heavy atom. The van der Waals surface area contributed by atoms with Crippen molar-refractivity contribution in [1.82, 2.24) is 19.7 Å². The van der Waals surface area contributed by atoms with Crippen molar-refractivity contribution in [2.24, 2.45) is 0 Å². The second-order valence-electron chi connectivity index (χ2n) is 7.90. The third kappa shape index (κ3) is 6.68. The van der Waals surface area contributed by atoms with Crippen molar-refractivity contribution in [3.8, 4) is 11.4 Å². The van der Waals surface area contributed by atoms with Crippen molar-refractivity contribution in [1.29, 1.82) is 0 Å². The van der Waals surface area contributed by atoms with E-state index in [4.69, 9.17) is 11.6 Å². The molecule has 0 aliphatic rings. The zero-order valence-electron chi connectivity index (χ0n) is 18.8. The minimum atomic E-state index is -4.64. The minimum absolute atomic E-state index is 0.108. The first-order valence-electron chi connectivity index (χ1n) is 10.8. The molecule has 1 aromatic heterocycles. The van der Waals surface area contributed by atoms with Gasteiger partial charge in [-0.2, -0.15) is 26.3 Å². The van der Waals surface area contributed by atoms with Crippen LogP contribution in [0.25, 0.3) is 11.4 Å². The molecule has 194 valence electrons. The van der Waals surface area contributed by atoms with Crippen LogP contribution in [-0.4, -0.2) is 26.4 Å². The maximum atomic E-state index is 13.4. The summed E-state index contributed by atoms with van der Waals surface area (Å²) in [6, 6.07) is 9.60. The topological polar surface area (TPSA) is 68.9 Å². The van der Waals surface area contributed by atoms with Crippen LogP contribution in [0, 0.1) is 0 Å². The Bertz CT molecular complexity index is 1270. The van der Waals surface area contributed by atoms with Gasteiger partial charge in [0.1, 0.15) is 6.54 Å². The molecular formula is C23H21ClF6N4O2. The summed E-state index contributed by atoms with van der Waals surface area (Å²) in [5, 5.41) is 6.84. The molecule has 0 aliphatic heterocycles. The number of aromatic nitrogens is 3. The Labute approximate surface area is 206 Å². The van der Waals surface area contributed by atoms with Gasteiger partial charge in [0, 0.05) is 17.1 Å². The van der Waals surface area contributed by atoms with Crippen LogP contribution >= 0.6 is 11.6 Å². The predicted octanol–water partition coefficient (Wildman–Crippen LogP) is 5.60. The Kier molecular flexibility index (Phi) is 8.17. The Morgan fingerprint density at radius 2 is 1.69 bits per heavy atom. The summed E-state index contributed by atoms with van der Waals surface area (Å²) in [5.74, 6) is -0.938. The molecule has 36 heavy (non-hydrogen) atoms. The van der Waals surface area contributed by atoms with Gasteiger partial charge in [0.25, 0.3) is 0 Å². The molecule has 1 heterocycles. The van der Waals surface area contributed by atoms with Crippen LogP contribution in [0.5, 0.6) is 0 Å². The van der Waals surface area contributed by atoms with Crippen LogP contribution in [-0.2, 0) is 24.1 Å². The van der Waals surface area contributed by atoms with E-state index in [-0.39, 0.29) is 17.8 Å². The van der Waals surface area contributed by atoms with E-state index in [9.17, 15) is 35.9 Å². The summed E-state index contributed by atoms with van der Waals surface area (Å²) < 4.78 is 80.2. The fourth-order valence-electron chi connectivity index (χ4n) is 3.63. The average molecular weight is 535 g/mol. The SMILES string of the molecule is CCC(NC(=O)Cn1nc(-c2ccc(Cl)cc2)n(CCC(F)(F)F)c1=O)c1ccccc1C(F)(F)F. The number of nitrogens with zero attached hydrogens (tertiary/aromatic N) is 3. The van der Waals surface area contributed by atoms with Crippen molar-refractivity contribution in [3.05, 3.63) is 75.2 Å². The van der Waals surface area contributed by atoms with Crippen molar-refractivity contribution >= 4 is 17.5 Å². The molecule has 1 atom stereocenters. The van der Waals surface area contributed by atoms with Crippen molar-refractivity contribution in [2.45, 2.75) is 51.2 Å². The molecule has 0 fully saturated rings. The van der Waals surface area contributed by atoms with Gasteiger partial charge in [-0.15, -0.1) is 5.10 Å². The Morgan fingerprint density at radius 1 is 1.06 bits per heavy atom. The number of nitrogens with one attached hydrogen (secondary N) is 1. The fourth-order valence-corrected chi connectivity index (χ4v) is 3.76. The van der Waals surface area contributed by atoms with E-state index >= 15 is 0 Å². The van der Waals surface area contributed by atoms with Crippen molar-refractivity contribution < 1.29 is 31.1 Å². The first-order chi connectivity index (χ1) is 16.8. The molecule has 0 saturated heterocycles. The molecule has 13 heteroatoms. The summed E-state index contributed by atoms with van der Waals surface area (Å²) in [5.41, 5.74) is -1.73. The highest BCUT2D eigenvalue weighted by Gasteiger charge is 2.35. The molecule has 3 aromatic rings. The van der Waals surface area contributed by atoms with E-state index in [0.717, 1.165) is 10.6 Å². The summed E-state index contributed by atoms with van der Waals surface area (Å²) in [6.45, 7) is 0.135. The molecule has 1 N–H and O–H groups in total. The Hall–Kier alpha value is -3.28. The lowest BCUT2D eigenvalue weighted by molar-refractivity contribution is -0.139. The van der Waals surface area contributed by atoms with Crippen LogP contribution in [0.4, 0.5) is 26.3 Å². The van der Waals surface area contributed by atoms with Gasteiger partial charge in [-0.25, -0.2) is 9.48 Å². The smallest absolute Gasteiger partial charge is 0.348 e. The summed E-state index contributed by atoms with van der Waals surface area (Å²) in [6.07, 6.45) is -10.4. The number of carbonyl (C=O) groups excluding carboxylic acids is 1. The van der Waals surface area contributed by atoms with Crippen LogP contribution in [0.2, 0.25) is 5.02 Å². The molecule has 0 aliphatic carbocycles. The van der Waals surface area contributed by atoms with E-state index in [0.29, 0.717) is 15.3 Å². The lowest BCUT2D eigenvalue weighted by Gasteiger charge is -2.21. The largest absolute Gasteiger partial charge is 0.416 e. The number of halogens is 7. The lowest BCUT2D eigenvalue weighted by Crippen LogP contribution is -2.36. The first kappa shape index (κ1) is 27.3. The summed E-state index contributed by atoms with van der Waals surface area (Å²) >= 11 is 5.85. The predicted molar refractivity (Wildman–Crippen MR) is 120 cm³/mol. The minimum Gasteiger partial charge on any atom is -0.348 e. The molecule has 2 aromatic carbocycles. The van der Waals surface area contributed by atoms with Crippen molar-refractivity contribution in [3.63, 3.8) is 0 Å². The van der Waals surface area contributed by atoms with E-state index in [2.05, 4.69) is 10.4 Å². The zero-order chi connectivity index (χ0) is 26.7. The molecule has 0 spiro atoms. The third-order valence-electron chi connectivity index (χ3n) is 5.32. The highest BCUT2D eigenvalue weighted by atomic mass is 35.5. The molecule has 6 nitrogen and oxygen atoms in total. The average Bonchev–Trinajstić information content (AvgIpc) is 3.10. The summed E-state index contributed by atoms with van der Waals surface area (Å²) in [4.78, 5) is 25.5. The number of amides is 1. The van der Waals surface area contributed by atoms with E-state index in [1.54, 1.807) is 6.92 Å². The molecule has 3 rings (SSSR count). The molecule has 0 saturated carbocycles. The first-order valence-corrected chi connectivity index (χ1v) is 11.1. The third-order valence-corrected chi connectivity index (χ3v) is 5.57. The molecule has 0 bridgehead atoms. The normalized spacial score (nSPS) is 13.0. The second-order valence-corrected chi connectivity index (χ2v) is 8.34. The van der Waals surface area contributed by atoms with Gasteiger partial charge in [0.05, 0.1) is 18.0 Å². The maximum Gasteiger partial charge on any atom is 0.416 e. The number of alkyl halides is 6. The molecular weight excluding hydrogens is 514 g/mol. The number of benzene rings is 2. The van der Waals surface area contributed by atoms with Gasteiger partial charge in [-0.05, 0) is 42.3 Å². The van der Waals surface area contributed by atoms with E-state index in [1.165, 1.54) is 42.5 Å². The molecule has 1 amide bonds. The van der Waals surface area contributed by atoms with Gasteiger partial charge < -0.3 is 5.32 Å². The fraction of sp³-hybridized carbons (Fsp3) is 0.348. The standard InChI is InChI=1S/C23H21ClF6N4O2/c1-2-18(16-5-3-4-6-17(16)23(28,29)30)31-19(35)13-34-21(36)33(12-11-22(25,26)27)20(32-34)14-7-9-15(24)10-8-14/h3-10,18H,2,11-13H2,1H3,(H,31,35). The van der Waals surface area contributed by atoms with Gasteiger partial charge in [0.2, 0.25) is 5.91 Å². The highest BCUT2D eigenvalue weighted by Crippen LogP contribution is 2.35. The van der Waals surface area contributed by atoms with E-state index < -0.39 is 55.1 Å². The molecule has 1 unspecified atom stereocenters. The lowest BCUT2D eigenvalue weighted by atomic mass is 9.98. The monoisotopic (exact) mass is 534 g/mol. The number of rotatable bonds is 8. The quantitative estimate of drug-likeness (QED) is 0.382. The van der Waals surface area contributed by atoms with Gasteiger partial charge >= 0.3 is 18.0 Å². The van der Waals surface area contributed by atoms with Crippen LogP contribution in [0.15, 0.2) is 53.3 Å². The molecule has 0 radical (unpaired) electrons. The van der Waals surface area contributed by atoms with Gasteiger partial charge in [-0.3, -0.25) is 9.36 Å². The summed E-state index contributed by atoms with van der Waals surface area (Å²) in [7, 11) is 0. The second kappa shape index (κ2) is 10.8. The Balaban J connectivity index is 1.89. The maximum absolute atomic E-state index is 13.4. The number of hydrogen-bond donors (Lipinski definition) is 1. The number of hydrogen-bond acceptors (Lipinski definition) is 3. The van der Waals surface area contributed by atoms with E-state index in [1.807, 2.05) is 0 Å². The van der Waals surface area contributed by atoms with Crippen LogP contribution < -0.4 is 11.0 Å². The van der Waals surface area contributed by atoms with Gasteiger partial charge in [-0.1, -0.05) is 36.7 Å². The highest BCUT2D eigenvalue weighted by molar-refractivity contribution is 6.30. The van der Waals surface area contributed by atoms with Crippen LogP contribution in [0.1, 0.15) is 36.9 Å². The van der Waals surface area contributed by atoms with Crippen LogP contribution in [0.3, 0.4) is 0 Å². The van der Waals surface area contributed by atoms with Gasteiger partial charge in [0.15, 0.2) is 5.82 Å². The van der Waals surface area contributed by atoms with Crippen molar-refractivity contribution in [2.75, 3.05) is 0 Å². The zero-order valence-corrected chi connectivity index (χ0v) is 19.6. The number of carbonyl (C=O) groups is 1.